The van der Waals surface area contributed by atoms with Crippen LogP contribution in [0.5, 0.6) is 0 Å². The molecule has 80 valence electrons. The molecule has 3 heteroatoms. The lowest BCUT2D eigenvalue weighted by Gasteiger charge is -2.07. The van der Waals surface area contributed by atoms with E-state index < -0.39 is 0 Å². The van der Waals surface area contributed by atoms with Gasteiger partial charge in [0.1, 0.15) is 0 Å². The first-order chi connectivity index (χ1) is 7.13. The third kappa shape index (κ3) is 2.75. The average molecular weight is 220 g/mol. The second-order valence-corrected chi connectivity index (χ2v) is 5.10. The third-order valence-electron chi connectivity index (χ3n) is 2.27. The van der Waals surface area contributed by atoms with Gasteiger partial charge in [-0.1, -0.05) is 17.8 Å². The number of benzene rings is 1. The van der Waals surface area contributed by atoms with Crippen LogP contribution >= 0.6 is 11.8 Å². The van der Waals surface area contributed by atoms with Crippen LogP contribution in [0.2, 0.25) is 0 Å². The van der Waals surface area contributed by atoms with Gasteiger partial charge >= 0.3 is 0 Å². The summed E-state index contributed by atoms with van der Waals surface area (Å²) in [5.74, 6) is 1.09. The van der Waals surface area contributed by atoms with Crippen molar-refractivity contribution in [3.05, 3.63) is 29.3 Å². The Bertz CT molecular complexity index is 378. The van der Waals surface area contributed by atoms with Crippen molar-refractivity contribution >= 4 is 22.6 Å². The molecule has 1 atom stereocenters. The van der Waals surface area contributed by atoms with Crippen molar-refractivity contribution in [1.82, 2.24) is 0 Å². The minimum absolute atomic E-state index is 0.448. The number of hydrogen-bond acceptors (Lipinski definition) is 3. The van der Waals surface area contributed by atoms with Gasteiger partial charge in [-0.25, -0.2) is 0 Å². The number of anilines is 1. The maximum Gasteiger partial charge on any atom is 0.161 e. The smallest absolute Gasteiger partial charge is 0.161 e. The van der Waals surface area contributed by atoms with E-state index in [1.807, 2.05) is 0 Å². The van der Waals surface area contributed by atoms with Crippen LogP contribution in [0.15, 0.2) is 23.2 Å². The summed E-state index contributed by atoms with van der Waals surface area (Å²) in [5, 5.41) is 4.41. The topological polar surface area (TPSA) is 24.4 Å². The Morgan fingerprint density at radius 2 is 1.93 bits per heavy atom. The molecule has 1 aromatic carbocycles. The van der Waals surface area contributed by atoms with Gasteiger partial charge in [-0.2, -0.15) is 0 Å². The van der Waals surface area contributed by atoms with Crippen molar-refractivity contribution in [1.29, 1.82) is 0 Å². The summed E-state index contributed by atoms with van der Waals surface area (Å²) in [7, 11) is 0. The molecular weight excluding hydrogens is 204 g/mol. The standard InChI is InChI=1S/C12H16N2S/c1-8-4-9(2)6-11(5-8)14-12-13-10(3)7-15-12/h4-6,10H,7H2,1-3H3,(H,13,14). The average Bonchev–Trinajstić information content (AvgIpc) is 2.49. The number of rotatable bonds is 1. The van der Waals surface area contributed by atoms with Crippen molar-refractivity contribution < 1.29 is 0 Å². The quantitative estimate of drug-likeness (QED) is 0.786. The Balaban J connectivity index is 2.14. The molecule has 0 aliphatic carbocycles. The second-order valence-electron chi connectivity index (χ2n) is 4.10. The van der Waals surface area contributed by atoms with E-state index in [4.69, 9.17) is 0 Å². The molecule has 0 spiro atoms. The van der Waals surface area contributed by atoms with Gasteiger partial charge in [-0.05, 0) is 44.0 Å². The number of aliphatic imine (C=N–C) groups is 1. The van der Waals surface area contributed by atoms with Crippen LogP contribution < -0.4 is 5.32 Å². The third-order valence-corrected chi connectivity index (χ3v) is 3.40. The zero-order chi connectivity index (χ0) is 10.8. The summed E-state index contributed by atoms with van der Waals surface area (Å²) in [6.45, 7) is 6.37. The number of amidine groups is 1. The number of nitrogens with zero attached hydrogens (tertiary/aromatic N) is 1. The molecule has 0 radical (unpaired) electrons. The molecule has 2 rings (SSSR count). The van der Waals surface area contributed by atoms with E-state index in [2.05, 4.69) is 49.3 Å². The van der Waals surface area contributed by atoms with Crippen LogP contribution in [0.1, 0.15) is 18.1 Å². The first kappa shape index (κ1) is 10.6. The van der Waals surface area contributed by atoms with Gasteiger partial charge in [-0.3, -0.25) is 4.99 Å². The lowest BCUT2D eigenvalue weighted by molar-refractivity contribution is 0.865. The molecule has 0 saturated heterocycles. The Morgan fingerprint density at radius 3 is 2.47 bits per heavy atom. The number of aryl methyl sites for hydroxylation is 2. The van der Waals surface area contributed by atoms with Crippen LogP contribution in [0.25, 0.3) is 0 Å². The van der Waals surface area contributed by atoms with Crippen LogP contribution in [-0.2, 0) is 0 Å². The predicted molar refractivity (Wildman–Crippen MR) is 68.9 cm³/mol. The fourth-order valence-corrected chi connectivity index (χ4v) is 2.63. The molecule has 0 bridgehead atoms. The van der Waals surface area contributed by atoms with Gasteiger partial charge in [0.15, 0.2) is 5.17 Å². The van der Waals surface area contributed by atoms with Crippen molar-refractivity contribution in [2.45, 2.75) is 26.8 Å². The van der Waals surface area contributed by atoms with Crippen molar-refractivity contribution in [3.8, 4) is 0 Å². The zero-order valence-corrected chi connectivity index (χ0v) is 10.2. The SMILES string of the molecule is Cc1cc(C)cc(NC2=NC(C)CS2)c1. The highest BCUT2D eigenvalue weighted by molar-refractivity contribution is 8.14. The maximum atomic E-state index is 4.51. The molecule has 1 heterocycles. The Morgan fingerprint density at radius 1 is 1.27 bits per heavy atom. The fourth-order valence-electron chi connectivity index (χ4n) is 1.71. The Kier molecular flexibility index (Phi) is 3.00. The van der Waals surface area contributed by atoms with Crippen LogP contribution in [0.4, 0.5) is 5.69 Å². The van der Waals surface area contributed by atoms with E-state index in [9.17, 15) is 0 Å². The number of thioether (sulfide) groups is 1. The van der Waals surface area contributed by atoms with Gasteiger partial charge in [0, 0.05) is 11.4 Å². The summed E-state index contributed by atoms with van der Waals surface area (Å²) in [5.41, 5.74) is 3.72. The summed E-state index contributed by atoms with van der Waals surface area (Å²) >= 11 is 1.80. The molecule has 15 heavy (non-hydrogen) atoms. The molecule has 1 N–H and O–H groups in total. The molecular formula is C12H16N2S. The van der Waals surface area contributed by atoms with Gasteiger partial charge < -0.3 is 5.32 Å². The highest BCUT2D eigenvalue weighted by Crippen LogP contribution is 2.21. The normalized spacial score (nSPS) is 20.2. The molecule has 1 unspecified atom stereocenters. The molecule has 2 nitrogen and oxygen atoms in total. The first-order valence-electron chi connectivity index (χ1n) is 5.19. The zero-order valence-electron chi connectivity index (χ0n) is 9.37. The Labute approximate surface area is 95.2 Å². The van der Waals surface area contributed by atoms with Gasteiger partial charge in [0.2, 0.25) is 0 Å². The Hall–Kier alpha value is -0.960. The fraction of sp³-hybridized carbons (Fsp3) is 0.417. The first-order valence-corrected chi connectivity index (χ1v) is 6.18. The molecule has 0 saturated carbocycles. The maximum absolute atomic E-state index is 4.51. The van der Waals surface area contributed by atoms with Crippen LogP contribution in [0.3, 0.4) is 0 Å². The highest BCUT2D eigenvalue weighted by atomic mass is 32.2. The number of nitrogens with one attached hydrogen (secondary N) is 1. The van der Waals surface area contributed by atoms with E-state index in [0.717, 1.165) is 16.6 Å². The number of hydrogen-bond donors (Lipinski definition) is 1. The minimum atomic E-state index is 0.448. The largest absolute Gasteiger partial charge is 0.335 e. The van der Waals surface area contributed by atoms with Gasteiger partial charge in [0.25, 0.3) is 0 Å². The summed E-state index contributed by atoms with van der Waals surface area (Å²) in [4.78, 5) is 4.51. The molecule has 0 aromatic heterocycles. The lowest BCUT2D eigenvalue weighted by atomic mass is 10.1. The summed E-state index contributed by atoms with van der Waals surface area (Å²) < 4.78 is 0. The summed E-state index contributed by atoms with van der Waals surface area (Å²) in [6.07, 6.45) is 0. The van der Waals surface area contributed by atoms with Crippen molar-refractivity contribution in [3.63, 3.8) is 0 Å². The molecule has 1 aliphatic rings. The van der Waals surface area contributed by atoms with Gasteiger partial charge in [-0.15, -0.1) is 0 Å². The molecule has 0 fully saturated rings. The lowest BCUT2D eigenvalue weighted by Crippen LogP contribution is -2.05. The van der Waals surface area contributed by atoms with Crippen molar-refractivity contribution in [2.75, 3.05) is 11.1 Å². The molecule has 1 aliphatic heterocycles. The van der Waals surface area contributed by atoms with E-state index in [0.29, 0.717) is 6.04 Å². The highest BCUT2D eigenvalue weighted by Gasteiger charge is 2.13. The predicted octanol–water partition coefficient (Wildman–Crippen LogP) is 3.21. The molecule has 1 aromatic rings. The summed E-state index contributed by atoms with van der Waals surface area (Å²) in [6, 6.07) is 6.93. The second kappa shape index (κ2) is 4.27. The van der Waals surface area contributed by atoms with Crippen LogP contribution in [-0.4, -0.2) is 17.0 Å². The van der Waals surface area contributed by atoms with E-state index >= 15 is 0 Å². The van der Waals surface area contributed by atoms with Crippen LogP contribution in [0, 0.1) is 13.8 Å². The van der Waals surface area contributed by atoms with E-state index in [1.165, 1.54) is 11.1 Å². The minimum Gasteiger partial charge on any atom is -0.335 e. The van der Waals surface area contributed by atoms with E-state index in [-0.39, 0.29) is 0 Å². The van der Waals surface area contributed by atoms with Gasteiger partial charge in [0.05, 0.1) is 6.04 Å². The molecule has 0 amide bonds. The monoisotopic (exact) mass is 220 g/mol. The van der Waals surface area contributed by atoms with E-state index in [1.54, 1.807) is 11.8 Å². The van der Waals surface area contributed by atoms with Crippen molar-refractivity contribution in [2.24, 2.45) is 4.99 Å².